The molecule has 0 atom stereocenters. The fourth-order valence-corrected chi connectivity index (χ4v) is 2.31. The molecule has 0 bridgehead atoms. The smallest absolute Gasteiger partial charge is 0.255 e. The molecule has 5 heteroatoms. The van der Waals surface area contributed by atoms with Gasteiger partial charge in [0.25, 0.3) is 5.91 Å². The fraction of sp³-hybridized carbons (Fsp3) is 0.263. The Morgan fingerprint density at radius 3 is 2.67 bits per heavy atom. The van der Waals surface area contributed by atoms with Gasteiger partial charge in [0, 0.05) is 17.3 Å². The molecule has 1 aliphatic rings. The Labute approximate surface area is 142 Å². The molecule has 1 aliphatic carbocycles. The van der Waals surface area contributed by atoms with E-state index in [4.69, 9.17) is 5.73 Å². The summed E-state index contributed by atoms with van der Waals surface area (Å²) >= 11 is 0. The van der Waals surface area contributed by atoms with Crippen LogP contribution in [0.4, 0.5) is 5.69 Å². The minimum absolute atomic E-state index is 0.120. The topological polar surface area (TPSA) is 79.5 Å². The van der Waals surface area contributed by atoms with Gasteiger partial charge in [0.1, 0.15) is 0 Å². The van der Waals surface area contributed by atoms with Gasteiger partial charge in [-0.15, -0.1) is 0 Å². The standard InChI is InChI=1S/C19H22N4O/c1-13-5-7-15(8-6-13)18(24)22-17-4-2-3-14(11-17)12-21-19(20)23-16-9-10-16/h2-8,11,16H,9-10,12H2,1H3,(H,22,24)(H3,20,21,23). The van der Waals surface area contributed by atoms with Gasteiger partial charge >= 0.3 is 0 Å². The maximum atomic E-state index is 12.3. The monoisotopic (exact) mass is 322 g/mol. The number of guanidine groups is 1. The van der Waals surface area contributed by atoms with Gasteiger partial charge in [-0.25, -0.2) is 4.99 Å². The van der Waals surface area contributed by atoms with Crippen LogP contribution in [0, 0.1) is 6.92 Å². The summed E-state index contributed by atoms with van der Waals surface area (Å²) in [5.41, 5.74) is 9.36. The van der Waals surface area contributed by atoms with Crippen LogP contribution in [0.3, 0.4) is 0 Å². The normalized spacial score (nSPS) is 14.3. The van der Waals surface area contributed by atoms with Crippen molar-refractivity contribution in [3.8, 4) is 0 Å². The molecule has 24 heavy (non-hydrogen) atoms. The molecule has 1 fully saturated rings. The summed E-state index contributed by atoms with van der Waals surface area (Å²) in [5, 5.41) is 6.07. The van der Waals surface area contributed by atoms with E-state index in [1.54, 1.807) is 0 Å². The van der Waals surface area contributed by atoms with E-state index in [2.05, 4.69) is 15.6 Å². The number of hydrogen-bond acceptors (Lipinski definition) is 2. The van der Waals surface area contributed by atoms with Gasteiger partial charge in [-0.2, -0.15) is 0 Å². The quantitative estimate of drug-likeness (QED) is 0.585. The average Bonchev–Trinajstić information content (AvgIpc) is 3.38. The van der Waals surface area contributed by atoms with Gasteiger partial charge in [0.15, 0.2) is 5.96 Å². The van der Waals surface area contributed by atoms with E-state index in [1.165, 1.54) is 0 Å². The highest BCUT2D eigenvalue weighted by atomic mass is 16.1. The Balaban J connectivity index is 1.61. The van der Waals surface area contributed by atoms with Crippen LogP contribution in [-0.2, 0) is 6.54 Å². The van der Waals surface area contributed by atoms with Gasteiger partial charge in [0.2, 0.25) is 0 Å². The van der Waals surface area contributed by atoms with E-state index >= 15 is 0 Å². The molecular formula is C19H22N4O. The van der Waals surface area contributed by atoms with Crippen molar-refractivity contribution in [2.24, 2.45) is 10.7 Å². The van der Waals surface area contributed by atoms with Crippen LogP contribution in [0.1, 0.15) is 34.3 Å². The predicted molar refractivity (Wildman–Crippen MR) is 97.1 cm³/mol. The van der Waals surface area contributed by atoms with Gasteiger partial charge in [0.05, 0.1) is 6.54 Å². The summed E-state index contributed by atoms with van der Waals surface area (Å²) in [5.74, 6) is 0.358. The number of hydrogen-bond donors (Lipinski definition) is 3. The van der Waals surface area contributed by atoms with Crippen LogP contribution >= 0.6 is 0 Å². The lowest BCUT2D eigenvalue weighted by Gasteiger charge is -2.08. The average molecular weight is 322 g/mol. The lowest BCUT2D eigenvalue weighted by atomic mass is 10.1. The maximum Gasteiger partial charge on any atom is 0.255 e. The second-order valence-electron chi connectivity index (χ2n) is 6.14. The highest BCUT2D eigenvalue weighted by molar-refractivity contribution is 6.04. The Hall–Kier alpha value is -2.82. The second kappa shape index (κ2) is 7.17. The van der Waals surface area contributed by atoms with Gasteiger partial charge in [-0.1, -0.05) is 29.8 Å². The largest absolute Gasteiger partial charge is 0.370 e. The molecule has 2 aromatic carbocycles. The molecule has 0 unspecified atom stereocenters. The van der Waals surface area contributed by atoms with E-state index in [9.17, 15) is 4.79 Å². The molecule has 4 N–H and O–H groups in total. The first-order chi connectivity index (χ1) is 11.6. The van der Waals surface area contributed by atoms with E-state index in [0.717, 1.165) is 29.7 Å². The number of anilines is 1. The Kier molecular flexibility index (Phi) is 4.79. The second-order valence-corrected chi connectivity index (χ2v) is 6.14. The van der Waals surface area contributed by atoms with Crippen molar-refractivity contribution in [2.75, 3.05) is 5.32 Å². The van der Waals surface area contributed by atoms with Crippen LogP contribution in [0.15, 0.2) is 53.5 Å². The molecule has 0 heterocycles. The highest BCUT2D eigenvalue weighted by Crippen LogP contribution is 2.18. The first kappa shape index (κ1) is 16.1. The number of aliphatic imine (C=N–C) groups is 1. The zero-order chi connectivity index (χ0) is 16.9. The number of nitrogens with one attached hydrogen (secondary N) is 2. The molecule has 0 radical (unpaired) electrons. The van der Waals surface area contributed by atoms with Crippen molar-refractivity contribution in [2.45, 2.75) is 32.4 Å². The van der Waals surface area contributed by atoms with Crippen LogP contribution in [0.25, 0.3) is 0 Å². The number of nitrogens with zero attached hydrogens (tertiary/aromatic N) is 1. The van der Waals surface area contributed by atoms with Crippen molar-refractivity contribution >= 4 is 17.6 Å². The molecular weight excluding hydrogens is 300 g/mol. The fourth-order valence-electron chi connectivity index (χ4n) is 2.31. The molecule has 0 aliphatic heterocycles. The number of carbonyl (C=O) groups excluding carboxylic acids is 1. The third-order valence-electron chi connectivity index (χ3n) is 3.86. The molecule has 2 aromatic rings. The zero-order valence-corrected chi connectivity index (χ0v) is 13.8. The third-order valence-corrected chi connectivity index (χ3v) is 3.86. The lowest BCUT2D eigenvalue weighted by Crippen LogP contribution is -2.33. The highest BCUT2D eigenvalue weighted by Gasteiger charge is 2.21. The molecule has 1 amide bonds. The van der Waals surface area contributed by atoms with Crippen molar-refractivity contribution in [1.82, 2.24) is 5.32 Å². The molecule has 124 valence electrons. The van der Waals surface area contributed by atoms with Crippen LogP contribution in [0.5, 0.6) is 0 Å². The first-order valence-corrected chi connectivity index (χ1v) is 8.13. The van der Waals surface area contributed by atoms with Crippen molar-refractivity contribution < 1.29 is 4.79 Å². The summed E-state index contributed by atoms with van der Waals surface area (Å²) in [6, 6.07) is 15.6. The van der Waals surface area contributed by atoms with Crippen molar-refractivity contribution in [3.05, 3.63) is 65.2 Å². The third kappa shape index (κ3) is 4.59. The van der Waals surface area contributed by atoms with E-state index in [0.29, 0.717) is 24.1 Å². The van der Waals surface area contributed by atoms with Crippen molar-refractivity contribution in [3.63, 3.8) is 0 Å². The lowest BCUT2D eigenvalue weighted by molar-refractivity contribution is 0.102. The minimum atomic E-state index is -0.120. The number of aryl methyl sites for hydroxylation is 1. The summed E-state index contributed by atoms with van der Waals surface area (Å²) in [6.07, 6.45) is 2.33. The molecule has 0 spiro atoms. The molecule has 0 aromatic heterocycles. The van der Waals surface area contributed by atoms with Crippen LogP contribution in [-0.4, -0.2) is 17.9 Å². The molecule has 5 nitrogen and oxygen atoms in total. The van der Waals surface area contributed by atoms with Gasteiger partial charge in [-0.05, 0) is 49.6 Å². The van der Waals surface area contributed by atoms with Crippen LogP contribution in [0.2, 0.25) is 0 Å². The van der Waals surface area contributed by atoms with Gasteiger partial charge in [-0.3, -0.25) is 4.79 Å². The number of benzene rings is 2. The summed E-state index contributed by atoms with van der Waals surface area (Å²) in [7, 11) is 0. The predicted octanol–water partition coefficient (Wildman–Crippen LogP) is 2.81. The minimum Gasteiger partial charge on any atom is -0.370 e. The van der Waals surface area contributed by atoms with Crippen molar-refractivity contribution in [1.29, 1.82) is 0 Å². The molecule has 1 saturated carbocycles. The SMILES string of the molecule is Cc1ccc(C(=O)Nc2cccc(CN=C(N)NC3CC3)c2)cc1. The molecule has 3 rings (SSSR count). The van der Waals surface area contributed by atoms with E-state index < -0.39 is 0 Å². The summed E-state index contributed by atoms with van der Waals surface area (Å²) < 4.78 is 0. The molecule has 0 saturated heterocycles. The Morgan fingerprint density at radius 1 is 1.21 bits per heavy atom. The maximum absolute atomic E-state index is 12.3. The van der Waals surface area contributed by atoms with Crippen LogP contribution < -0.4 is 16.4 Å². The number of amides is 1. The number of carbonyl (C=O) groups is 1. The summed E-state index contributed by atoms with van der Waals surface area (Å²) in [4.78, 5) is 16.6. The van der Waals surface area contributed by atoms with Gasteiger partial charge < -0.3 is 16.4 Å². The number of nitrogens with two attached hydrogens (primary N) is 1. The Morgan fingerprint density at radius 2 is 1.96 bits per heavy atom. The first-order valence-electron chi connectivity index (χ1n) is 8.13. The van der Waals surface area contributed by atoms with E-state index in [-0.39, 0.29) is 5.91 Å². The Bertz CT molecular complexity index is 748. The van der Waals surface area contributed by atoms with E-state index in [1.807, 2.05) is 55.5 Å². The summed E-state index contributed by atoms with van der Waals surface area (Å²) in [6.45, 7) is 2.48. The zero-order valence-electron chi connectivity index (χ0n) is 13.8. The number of rotatable bonds is 5.